The standard InChI is InChI=1S/C15H20FN3/c1-15(8-12-3-2-4-13(16)7-12)10-18-14(17)19(15)9-11-5-6-11/h2-4,7,11H,5-6,8-10H2,1H3,(H2,17,18). The highest BCUT2D eigenvalue weighted by molar-refractivity contribution is 5.81. The van der Waals surface area contributed by atoms with Gasteiger partial charge in [-0.15, -0.1) is 0 Å². The van der Waals surface area contributed by atoms with Gasteiger partial charge in [-0.3, -0.25) is 4.99 Å². The Kier molecular flexibility index (Phi) is 2.96. The summed E-state index contributed by atoms with van der Waals surface area (Å²) in [4.78, 5) is 6.61. The third kappa shape index (κ3) is 2.57. The molecule has 0 spiro atoms. The lowest BCUT2D eigenvalue weighted by Crippen LogP contribution is -2.51. The SMILES string of the molecule is CC1(Cc2cccc(F)c2)CN=C(N)N1CC1CC1. The molecule has 0 amide bonds. The second-order valence-electron chi connectivity index (χ2n) is 6.03. The van der Waals surface area contributed by atoms with Crippen LogP contribution >= 0.6 is 0 Å². The van der Waals surface area contributed by atoms with Crippen molar-refractivity contribution in [3.8, 4) is 0 Å². The van der Waals surface area contributed by atoms with Crippen molar-refractivity contribution in [2.45, 2.75) is 31.7 Å². The lowest BCUT2D eigenvalue weighted by molar-refractivity contribution is 0.213. The van der Waals surface area contributed by atoms with Crippen molar-refractivity contribution in [2.75, 3.05) is 13.1 Å². The first-order valence-electron chi connectivity index (χ1n) is 6.89. The van der Waals surface area contributed by atoms with E-state index in [9.17, 15) is 4.39 Å². The fourth-order valence-corrected chi connectivity index (χ4v) is 2.81. The summed E-state index contributed by atoms with van der Waals surface area (Å²) < 4.78 is 13.3. The fraction of sp³-hybridized carbons (Fsp3) is 0.533. The van der Waals surface area contributed by atoms with Crippen LogP contribution in [0.1, 0.15) is 25.3 Å². The van der Waals surface area contributed by atoms with Crippen LogP contribution in [-0.4, -0.2) is 29.5 Å². The summed E-state index contributed by atoms with van der Waals surface area (Å²) in [7, 11) is 0. The predicted octanol–water partition coefficient (Wildman–Crippen LogP) is 2.17. The van der Waals surface area contributed by atoms with E-state index in [-0.39, 0.29) is 11.4 Å². The molecular weight excluding hydrogens is 241 g/mol. The van der Waals surface area contributed by atoms with Crippen molar-refractivity contribution < 1.29 is 4.39 Å². The highest BCUT2D eigenvalue weighted by atomic mass is 19.1. The summed E-state index contributed by atoms with van der Waals surface area (Å²) in [6.45, 7) is 3.85. The number of rotatable bonds is 4. The van der Waals surface area contributed by atoms with Crippen molar-refractivity contribution >= 4 is 5.96 Å². The summed E-state index contributed by atoms with van der Waals surface area (Å²) in [6, 6.07) is 6.82. The van der Waals surface area contributed by atoms with E-state index in [1.54, 1.807) is 12.1 Å². The number of halogens is 1. The quantitative estimate of drug-likeness (QED) is 0.902. The van der Waals surface area contributed by atoms with E-state index in [0.29, 0.717) is 12.5 Å². The highest BCUT2D eigenvalue weighted by Crippen LogP contribution is 2.34. The number of hydrogen-bond donors (Lipinski definition) is 1. The van der Waals surface area contributed by atoms with Gasteiger partial charge < -0.3 is 10.6 Å². The van der Waals surface area contributed by atoms with Crippen molar-refractivity contribution in [3.63, 3.8) is 0 Å². The molecule has 0 saturated heterocycles. The summed E-state index contributed by atoms with van der Waals surface area (Å²) in [5, 5.41) is 0. The molecule has 0 aromatic heterocycles. The minimum Gasteiger partial charge on any atom is -0.370 e. The Morgan fingerprint density at radius 1 is 1.47 bits per heavy atom. The van der Waals surface area contributed by atoms with Crippen LogP contribution < -0.4 is 5.73 Å². The van der Waals surface area contributed by atoms with Crippen LogP contribution in [0.2, 0.25) is 0 Å². The molecule has 1 aliphatic carbocycles. The van der Waals surface area contributed by atoms with Crippen LogP contribution in [0.25, 0.3) is 0 Å². The number of guanidine groups is 1. The molecule has 0 bridgehead atoms. The van der Waals surface area contributed by atoms with Gasteiger partial charge in [0.05, 0.1) is 12.1 Å². The van der Waals surface area contributed by atoms with Crippen molar-refractivity contribution in [2.24, 2.45) is 16.6 Å². The van der Waals surface area contributed by atoms with Crippen LogP contribution in [0.3, 0.4) is 0 Å². The Bertz CT molecular complexity index is 510. The Balaban J connectivity index is 1.77. The molecule has 2 aliphatic rings. The lowest BCUT2D eigenvalue weighted by Gasteiger charge is -2.36. The Morgan fingerprint density at radius 2 is 2.26 bits per heavy atom. The number of benzene rings is 1. The normalized spacial score (nSPS) is 26.6. The Labute approximate surface area is 113 Å². The third-order valence-electron chi connectivity index (χ3n) is 4.12. The topological polar surface area (TPSA) is 41.6 Å². The summed E-state index contributed by atoms with van der Waals surface area (Å²) in [6.07, 6.45) is 3.36. The maximum absolute atomic E-state index is 13.3. The van der Waals surface area contributed by atoms with Crippen LogP contribution in [0, 0.1) is 11.7 Å². The van der Waals surface area contributed by atoms with Gasteiger partial charge in [-0.2, -0.15) is 0 Å². The van der Waals surface area contributed by atoms with Gasteiger partial charge in [-0.25, -0.2) is 4.39 Å². The van der Waals surface area contributed by atoms with E-state index in [4.69, 9.17) is 5.73 Å². The second-order valence-corrected chi connectivity index (χ2v) is 6.03. The smallest absolute Gasteiger partial charge is 0.191 e. The lowest BCUT2D eigenvalue weighted by atomic mass is 9.91. The second kappa shape index (κ2) is 4.51. The van der Waals surface area contributed by atoms with Gasteiger partial charge in [-0.1, -0.05) is 12.1 Å². The minimum atomic E-state index is -0.179. The molecule has 19 heavy (non-hydrogen) atoms. The average Bonchev–Trinajstić information content (AvgIpc) is 3.12. The zero-order valence-corrected chi connectivity index (χ0v) is 11.3. The molecule has 1 aromatic carbocycles. The van der Waals surface area contributed by atoms with Gasteiger partial charge in [0, 0.05) is 6.54 Å². The predicted molar refractivity (Wildman–Crippen MR) is 74.4 cm³/mol. The van der Waals surface area contributed by atoms with Crippen LogP contribution in [0.4, 0.5) is 4.39 Å². The van der Waals surface area contributed by atoms with Gasteiger partial charge in [0.1, 0.15) is 5.82 Å². The van der Waals surface area contributed by atoms with E-state index in [1.165, 1.54) is 18.9 Å². The first-order valence-corrected chi connectivity index (χ1v) is 6.89. The molecule has 102 valence electrons. The maximum atomic E-state index is 13.3. The molecule has 1 aliphatic heterocycles. The number of nitrogens with zero attached hydrogens (tertiary/aromatic N) is 2. The maximum Gasteiger partial charge on any atom is 0.191 e. The van der Waals surface area contributed by atoms with Gasteiger partial charge in [0.25, 0.3) is 0 Å². The number of aliphatic imine (C=N–C) groups is 1. The van der Waals surface area contributed by atoms with E-state index in [0.717, 1.165) is 24.4 Å². The first-order chi connectivity index (χ1) is 9.07. The van der Waals surface area contributed by atoms with Crippen molar-refractivity contribution in [1.29, 1.82) is 0 Å². The Hall–Kier alpha value is -1.58. The van der Waals surface area contributed by atoms with Gasteiger partial charge in [0.15, 0.2) is 5.96 Å². The van der Waals surface area contributed by atoms with E-state index in [2.05, 4.69) is 16.8 Å². The van der Waals surface area contributed by atoms with Crippen LogP contribution in [0.15, 0.2) is 29.3 Å². The van der Waals surface area contributed by atoms with Gasteiger partial charge >= 0.3 is 0 Å². The zero-order valence-electron chi connectivity index (χ0n) is 11.3. The molecule has 1 fully saturated rings. The minimum absolute atomic E-state index is 0.111. The Morgan fingerprint density at radius 3 is 2.95 bits per heavy atom. The average molecular weight is 261 g/mol. The number of hydrogen-bond acceptors (Lipinski definition) is 3. The van der Waals surface area contributed by atoms with Crippen molar-refractivity contribution in [1.82, 2.24) is 4.90 Å². The van der Waals surface area contributed by atoms with Gasteiger partial charge in [0.2, 0.25) is 0 Å². The molecule has 3 nitrogen and oxygen atoms in total. The van der Waals surface area contributed by atoms with Crippen molar-refractivity contribution in [3.05, 3.63) is 35.6 Å². The fourth-order valence-electron chi connectivity index (χ4n) is 2.81. The van der Waals surface area contributed by atoms with Gasteiger partial charge in [-0.05, 0) is 49.8 Å². The summed E-state index contributed by atoms with van der Waals surface area (Å²) in [5.74, 6) is 1.23. The first kappa shape index (κ1) is 12.5. The molecule has 3 rings (SSSR count). The monoisotopic (exact) mass is 261 g/mol. The molecule has 1 unspecified atom stereocenters. The molecule has 1 heterocycles. The molecule has 2 N–H and O–H groups in total. The largest absolute Gasteiger partial charge is 0.370 e. The molecule has 1 aromatic rings. The van der Waals surface area contributed by atoms with E-state index >= 15 is 0 Å². The number of nitrogens with two attached hydrogens (primary N) is 1. The summed E-state index contributed by atoms with van der Waals surface area (Å²) >= 11 is 0. The molecule has 0 radical (unpaired) electrons. The zero-order chi connectivity index (χ0) is 13.5. The van der Waals surface area contributed by atoms with Crippen LogP contribution in [-0.2, 0) is 6.42 Å². The molecule has 1 atom stereocenters. The van der Waals surface area contributed by atoms with E-state index in [1.807, 2.05) is 6.07 Å². The molecular formula is C15H20FN3. The molecule has 1 saturated carbocycles. The van der Waals surface area contributed by atoms with E-state index < -0.39 is 0 Å². The third-order valence-corrected chi connectivity index (χ3v) is 4.12. The summed E-state index contributed by atoms with van der Waals surface area (Å²) in [5.41, 5.74) is 6.91. The molecule has 4 heteroatoms. The van der Waals surface area contributed by atoms with Crippen LogP contribution in [0.5, 0.6) is 0 Å². The highest BCUT2D eigenvalue weighted by Gasteiger charge is 2.40.